The molecule has 0 unspecified atom stereocenters. The van der Waals surface area contributed by atoms with Gasteiger partial charge < -0.3 is 19.9 Å². The molecule has 0 aliphatic rings. The van der Waals surface area contributed by atoms with E-state index in [0.29, 0.717) is 28.2 Å². The largest absolute Gasteiger partial charge is 0.493 e. The zero-order chi connectivity index (χ0) is 24.9. The van der Waals surface area contributed by atoms with Gasteiger partial charge in [0.2, 0.25) is 0 Å². The summed E-state index contributed by atoms with van der Waals surface area (Å²) in [5.41, 5.74) is 6.70. The van der Waals surface area contributed by atoms with Gasteiger partial charge in [-0.1, -0.05) is 30.3 Å². The standard InChI is InChI=1S/C26H22FN3O5/c1-33-23-13-18-20(14-24(23)34-2)29-11-10-21(18)35-22-9-8-17(12-19(22)27)30(26(32)25(28)31)15-16-6-4-3-5-7-16/h3-14H,15H2,1-2H3,(H2,28,31). The molecule has 0 atom stereocenters. The van der Waals surface area contributed by atoms with Crippen molar-refractivity contribution in [2.75, 3.05) is 19.1 Å². The second-order valence-corrected chi connectivity index (χ2v) is 7.49. The number of nitrogens with zero attached hydrogens (tertiary/aromatic N) is 2. The van der Waals surface area contributed by atoms with E-state index >= 15 is 4.39 Å². The number of aromatic nitrogens is 1. The fraction of sp³-hybridized carbons (Fsp3) is 0.115. The van der Waals surface area contributed by atoms with E-state index in [4.69, 9.17) is 19.9 Å². The van der Waals surface area contributed by atoms with Crippen LogP contribution in [0.2, 0.25) is 0 Å². The van der Waals surface area contributed by atoms with Crippen LogP contribution in [0.5, 0.6) is 23.0 Å². The van der Waals surface area contributed by atoms with E-state index in [1.165, 1.54) is 32.5 Å². The van der Waals surface area contributed by atoms with E-state index < -0.39 is 17.6 Å². The van der Waals surface area contributed by atoms with Crippen LogP contribution in [-0.2, 0) is 16.1 Å². The van der Waals surface area contributed by atoms with Crippen LogP contribution in [-0.4, -0.2) is 31.0 Å². The summed E-state index contributed by atoms with van der Waals surface area (Å²) in [5, 5.41) is 0.586. The molecule has 0 bridgehead atoms. The van der Waals surface area contributed by atoms with Crippen molar-refractivity contribution < 1.29 is 28.2 Å². The smallest absolute Gasteiger partial charge is 0.316 e. The molecule has 8 nitrogen and oxygen atoms in total. The van der Waals surface area contributed by atoms with Gasteiger partial charge in [-0.15, -0.1) is 0 Å². The van der Waals surface area contributed by atoms with E-state index in [1.54, 1.807) is 42.5 Å². The van der Waals surface area contributed by atoms with E-state index in [0.717, 1.165) is 16.5 Å². The first kappa shape index (κ1) is 23.5. The molecule has 35 heavy (non-hydrogen) atoms. The van der Waals surface area contributed by atoms with Crippen molar-refractivity contribution in [1.29, 1.82) is 0 Å². The predicted molar refractivity (Wildman–Crippen MR) is 128 cm³/mol. The molecule has 1 heterocycles. The Morgan fingerprint density at radius 1 is 0.914 bits per heavy atom. The maximum Gasteiger partial charge on any atom is 0.316 e. The zero-order valence-electron chi connectivity index (χ0n) is 19.0. The Morgan fingerprint density at radius 2 is 1.63 bits per heavy atom. The van der Waals surface area contributed by atoms with E-state index in [-0.39, 0.29) is 18.0 Å². The van der Waals surface area contributed by atoms with Crippen LogP contribution in [0.3, 0.4) is 0 Å². The van der Waals surface area contributed by atoms with E-state index in [9.17, 15) is 9.59 Å². The Balaban J connectivity index is 1.67. The highest BCUT2D eigenvalue weighted by Gasteiger charge is 2.23. The number of ether oxygens (including phenoxy) is 3. The van der Waals surface area contributed by atoms with Gasteiger partial charge in [0.05, 0.1) is 26.3 Å². The molecule has 0 radical (unpaired) electrons. The second-order valence-electron chi connectivity index (χ2n) is 7.49. The summed E-state index contributed by atoms with van der Waals surface area (Å²) >= 11 is 0. The van der Waals surface area contributed by atoms with Crippen LogP contribution >= 0.6 is 0 Å². The van der Waals surface area contributed by atoms with E-state index in [1.807, 2.05) is 6.07 Å². The number of fused-ring (bicyclic) bond motifs is 1. The van der Waals surface area contributed by atoms with Gasteiger partial charge >= 0.3 is 11.8 Å². The number of hydrogen-bond acceptors (Lipinski definition) is 6. The third-order valence-corrected chi connectivity index (χ3v) is 5.29. The number of carbonyl (C=O) groups excluding carboxylic acids is 2. The zero-order valence-corrected chi connectivity index (χ0v) is 19.0. The van der Waals surface area contributed by atoms with Crippen LogP contribution < -0.4 is 24.8 Å². The SMILES string of the molecule is COc1cc2nccc(Oc3ccc(N(Cc4ccccc4)C(=O)C(N)=O)cc3F)c2cc1OC. The molecule has 2 N–H and O–H groups in total. The molecule has 0 saturated carbocycles. The monoisotopic (exact) mass is 475 g/mol. The summed E-state index contributed by atoms with van der Waals surface area (Å²) in [6.45, 7) is 0.0406. The average Bonchev–Trinajstić information content (AvgIpc) is 2.88. The number of methoxy groups -OCH3 is 2. The topological polar surface area (TPSA) is 104 Å². The number of nitrogens with two attached hydrogens (primary N) is 1. The Morgan fingerprint density at radius 3 is 2.29 bits per heavy atom. The van der Waals surface area contributed by atoms with Crippen LogP contribution in [0, 0.1) is 5.82 Å². The normalized spacial score (nSPS) is 10.6. The lowest BCUT2D eigenvalue weighted by Gasteiger charge is -2.22. The van der Waals surface area contributed by atoms with Gasteiger partial charge in [0.1, 0.15) is 5.75 Å². The Labute approximate surface area is 200 Å². The number of pyridine rings is 1. The van der Waals surface area contributed by atoms with Crippen LogP contribution in [0.1, 0.15) is 5.56 Å². The molecular formula is C26H22FN3O5. The van der Waals surface area contributed by atoms with Crippen LogP contribution in [0.15, 0.2) is 72.9 Å². The molecule has 1 aromatic heterocycles. The van der Waals surface area contributed by atoms with Gasteiger partial charge in [-0.3, -0.25) is 19.5 Å². The molecule has 2 amide bonds. The molecule has 0 saturated heterocycles. The molecule has 9 heteroatoms. The highest BCUT2D eigenvalue weighted by atomic mass is 19.1. The van der Waals surface area contributed by atoms with Crippen molar-refractivity contribution >= 4 is 28.4 Å². The first-order valence-electron chi connectivity index (χ1n) is 10.5. The summed E-state index contributed by atoms with van der Waals surface area (Å²) in [5.74, 6) is -1.60. The lowest BCUT2D eigenvalue weighted by molar-refractivity contribution is -0.135. The van der Waals surface area contributed by atoms with Gasteiger partial charge in [0.25, 0.3) is 0 Å². The summed E-state index contributed by atoms with van der Waals surface area (Å²) in [4.78, 5) is 29.5. The third kappa shape index (κ3) is 4.98. The molecule has 0 fully saturated rings. The first-order chi connectivity index (χ1) is 16.9. The van der Waals surface area contributed by atoms with Crippen molar-refractivity contribution in [3.63, 3.8) is 0 Å². The van der Waals surface area contributed by atoms with Gasteiger partial charge in [-0.25, -0.2) is 4.39 Å². The average molecular weight is 475 g/mol. The van der Waals surface area contributed by atoms with Crippen molar-refractivity contribution in [2.45, 2.75) is 6.54 Å². The first-order valence-corrected chi connectivity index (χ1v) is 10.5. The minimum atomic E-state index is -1.14. The number of benzene rings is 3. The number of anilines is 1. The van der Waals surface area contributed by atoms with Gasteiger partial charge in [-0.2, -0.15) is 0 Å². The lowest BCUT2D eigenvalue weighted by atomic mass is 10.1. The van der Waals surface area contributed by atoms with Gasteiger partial charge in [-0.05, 0) is 29.8 Å². The summed E-state index contributed by atoms with van der Waals surface area (Å²) in [6.07, 6.45) is 1.53. The van der Waals surface area contributed by atoms with Gasteiger partial charge in [0, 0.05) is 29.4 Å². The summed E-state index contributed by atoms with van der Waals surface area (Å²) in [7, 11) is 3.03. The number of rotatable bonds is 7. The molecule has 0 spiro atoms. The Hall–Kier alpha value is -4.66. The maximum atomic E-state index is 15.1. The molecule has 4 rings (SSSR count). The summed E-state index contributed by atoms with van der Waals surface area (Å²) in [6, 6.07) is 17.9. The van der Waals surface area contributed by atoms with Crippen molar-refractivity contribution in [3.8, 4) is 23.0 Å². The second kappa shape index (κ2) is 10.1. The predicted octanol–water partition coefficient (Wildman–Crippen LogP) is 4.20. The fourth-order valence-electron chi connectivity index (χ4n) is 3.57. The van der Waals surface area contributed by atoms with Gasteiger partial charge in [0.15, 0.2) is 23.1 Å². The van der Waals surface area contributed by atoms with Crippen molar-refractivity contribution in [1.82, 2.24) is 4.98 Å². The van der Waals surface area contributed by atoms with E-state index in [2.05, 4.69) is 4.98 Å². The molecule has 0 aliphatic heterocycles. The highest BCUT2D eigenvalue weighted by molar-refractivity contribution is 6.39. The molecule has 3 aromatic carbocycles. The maximum absolute atomic E-state index is 15.1. The minimum absolute atomic E-state index is 0.0406. The molecule has 178 valence electrons. The highest BCUT2D eigenvalue weighted by Crippen LogP contribution is 2.37. The summed E-state index contributed by atoms with van der Waals surface area (Å²) < 4.78 is 31.6. The quantitative estimate of drug-likeness (QED) is 0.402. The van der Waals surface area contributed by atoms with Crippen LogP contribution in [0.25, 0.3) is 10.9 Å². The number of primary amides is 1. The third-order valence-electron chi connectivity index (χ3n) is 5.29. The molecular weight excluding hydrogens is 453 g/mol. The Kier molecular flexibility index (Phi) is 6.77. The number of halogens is 1. The van der Waals surface area contributed by atoms with Crippen molar-refractivity contribution in [3.05, 3.63) is 84.3 Å². The minimum Gasteiger partial charge on any atom is -0.493 e. The van der Waals surface area contributed by atoms with Crippen molar-refractivity contribution in [2.24, 2.45) is 5.73 Å². The number of hydrogen-bond donors (Lipinski definition) is 1. The number of amides is 2. The van der Waals surface area contributed by atoms with Crippen LogP contribution in [0.4, 0.5) is 10.1 Å². The fourth-order valence-corrected chi connectivity index (χ4v) is 3.57. The number of carbonyl (C=O) groups is 2. The Bertz CT molecular complexity index is 1390. The molecule has 4 aromatic rings. The molecule has 0 aliphatic carbocycles. The lowest BCUT2D eigenvalue weighted by Crippen LogP contribution is -2.40.